The summed E-state index contributed by atoms with van der Waals surface area (Å²) in [6, 6.07) is 9.35. The second-order valence-electron chi connectivity index (χ2n) is 7.95. The lowest BCUT2D eigenvalue weighted by Gasteiger charge is -2.24. The van der Waals surface area contributed by atoms with Crippen LogP contribution in [0.15, 0.2) is 57.5 Å². The second-order valence-corrected chi connectivity index (χ2v) is 9.40. The van der Waals surface area contributed by atoms with E-state index in [1.54, 1.807) is 50.3 Å². The van der Waals surface area contributed by atoms with Gasteiger partial charge in [-0.1, -0.05) is 35.1 Å². The van der Waals surface area contributed by atoms with Crippen molar-refractivity contribution in [3.8, 4) is 17.2 Å². The molecule has 3 heterocycles. The summed E-state index contributed by atoms with van der Waals surface area (Å²) in [6.45, 7) is 3.76. The molecule has 3 aromatic rings. The molecule has 1 aromatic heterocycles. The van der Waals surface area contributed by atoms with Gasteiger partial charge in [0.15, 0.2) is 16.3 Å². The molecule has 2 aliphatic rings. The van der Waals surface area contributed by atoms with Gasteiger partial charge in [0.25, 0.3) is 5.56 Å². The lowest BCUT2D eigenvalue weighted by atomic mass is 9.95. The standard InChI is InChI=1S/C25H21ClN2O6S/c1-3-32-24(31)21-13(2)27-25-28(22(21)15-4-8-18-19(11-15)34-12-33-18)23(30)20(35-25)9-5-14-10-16(26)6-7-17(14)29/h4,6-11,22,29H,3,5,12H2,1-2H3/b20-9-/t22-/m1/s1. The summed E-state index contributed by atoms with van der Waals surface area (Å²) < 4.78 is 18.2. The van der Waals surface area contributed by atoms with Crippen LogP contribution >= 0.6 is 22.9 Å². The number of phenols is 1. The third kappa shape index (κ3) is 4.21. The highest BCUT2D eigenvalue weighted by molar-refractivity contribution is 7.07. The maximum atomic E-state index is 13.6. The Balaban J connectivity index is 1.66. The van der Waals surface area contributed by atoms with Gasteiger partial charge in [0, 0.05) is 5.02 Å². The van der Waals surface area contributed by atoms with Crippen molar-refractivity contribution in [3.05, 3.63) is 83.5 Å². The lowest BCUT2D eigenvalue weighted by molar-refractivity contribution is -0.139. The van der Waals surface area contributed by atoms with Crippen LogP contribution in [-0.2, 0) is 16.0 Å². The van der Waals surface area contributed by atoms with Crippen molar-refractivity contribution in [2.45, 2.75) is 26.3 Å². The Labute approximate surface area is 209 Å². The molecule has 0 fully saturated rings. The minimum atomic E-state index is -0.749. The molecular weight excluding hydrogens is 492 g/mol. The summed E-state index contributed by atoms with van der Waals surface area (Å²) in [6.07, 6.45) is 2.03. The van der Waals surface area contributed by atoms with Crippen molar-refractivity contribution in [2.75, 3.05) is 13.4 Å². The van der Waals surface area contributed by atoms with Gasteiger partial charge in [0.2, 0.25) is 6.79 Å². The van der Waals surface area contributed by atoms with E-state index >= 15 is 0 Å². The third-order valence-electron chi connectivity index (χ3n) is 5.78. The first-order valence-electron chi connectivity index (χ1n) is 10.9. The van der Waals surface area contributed by atoms with E-state index in [2.05, 4.69) is 4.99 Å². The number of esters is 1. The molecule has 1 N–H and O–H groups in total. The topological polar surface area (TPSA) is 99.4 Å². The maximum Gasteiger partial charge on any atom is 0.338 e. The number of hydrogen-bond acceptors (Lipinski definition) is 8. The zero-order chi connectivity index (χ0) is 24.7. The number of hydrogen-bond donors (Lipinski definition) is 1. The molecule has 0 bridgehead atoms. The Kier molecular flexibility index (Phi) is 6.12. The molecular formula is C25H21ClN2O6S. The fourth-order valence-electron chi connectivity index (χ4n) is 4.15. The molecule has 10 heteroatoms. The van der Waals surface area contributed by atoms with Gasteiger partial charge in [-0.25, -0.2) is 9.79 Å². The number of allylic oxidation sites excluding steroid dienone is 1. The van der Waals surface area contributed by atoms with E-state index in [0.717, 1.165) is 0 Å². The lowest BCUT2D eigenvalue weighted by Crippen LogP contribution is -2.39. The van der Waals surface area contributed by atoms with Crippen LogP contribution in [0.4, 0.5) is 0 Å². The normalized spacial score (nSPS) is 16.8. The summed E-state index contributed by atoms with van der Waals surface area (Å²) >= 11 is 7.27. The molecule has 5 rings (SSSR count). The van der Waals surface area contributed by atoms with E-state index < -0.39 is 12.0 Å². The average Bonchev–Trinajstić information content (AvgIpc) is 3.42. The molecule has 0 aliphatic carbocycles. The fourth-order valence-corrected chi connectivity index (χ4v) is 5.36. The van der Waals surface area contributed by atoms with Gasteiger partial charge >= 0.3 is 5.97 Å². The number of aromatic nitrogens is 1. The predicted molar refractivity (Wildman–Crippen MR) is 131 cm³/mol. The van der Waals surface area contributed by atoms with Crippen molar-refractivity contribution in [2.24, 2.45) is 4.99 Å². The number of aromatic hydroxyl groups is 1. The molecule has 8 nitrogen and oxygen atoms in total. The van der Waals surface area contributed by atoms with Crippen LogP contribution in [0.1, 0.15) is 31.0 Å². The third-order valence-corrected chi connectivity index (χ3v) is 7.05. The fraction of sp³-hybridized carbons (Fsp3) is 0.240. The zero-order valence-electron chi connectivity index (χ0n) is 18.9. The number of carbonyl (C=O) groups excluding carboxylic acids is 1. The maximum absolute atomic E-state index is 13.6. The highest BCUT2D eigenvalue weighted by atomic mass is 35.5. The summed E-state index contributed by atoms with van der Waals surface area (Å²) in [5, 5.41) is 10.6. The SMILES string of the molecule is CCOC(=O)C1=C(C)N=c2s/c(=C\Cc3cc(Cl)ccc3O)c(=O)n2[C@@H]1c1ccc2c(c1)OCO2. The van der Waals surface area contributed by atoms with Crippen LogP contribution in [0.5, 0.6) is 17.2 Å². The number of rotatable bonds is 5. The molecule has 0 saturated heterocycles. The number of ether oxygens (including phenoxy) is 3. The molecule has 2 aromatic carbocycles. The smallest absolute Gasteiger partial charge is 0.338 e. The monoisotopic (exact) mass is 512 g/mol. The Morgan fingerprint density at radius 2 is 2.09 bits per heavy atom. The Bertz CT molecular complexity index is 1550. The molecule has 0 spiro atoms. The van der Waals surface area contributed by atoms with E-state index in [0.29, 0.717) is 49.1 Å². The van der Waals surface area contributed by atoms with Gasteiger partial charge in [0.05, 0.1) is 28.5 Å². The first kappa shape index (κ1) is 23.2. The average molecular weight is 513 g/mol. The predicted octanol–water partition coefficient (Wildman–Crippen LogP) is 3.08. The van der Waals surface area contributed by atoms with Gasteiger partial charge in [-0.15, -0.1) is 0 Å². The van der Waals surface area contributed by atoms with Crippen molar-refractivity contribution in [1.82, 2.24) is 4.57 Å². The molecule has 0 saturated carbocycles. The van der Waals surface area contributed by atoms with E-state index in [4.69, 9.17) is 25.8 Å². The molecule has 0 radical (unpaired) electrons. The molecule has 180 valence electrons. The molecule has 0 amide bonds. The van der Waals surface area contributed by atoms with Crippen LogP contribution in [0, 0.1) is 0 Å². The van der Waals surface area contributed by atoms with Crippen LogP contribution in [0.3, 0.4) is 0 Å². The van der Waals surface area contributed by atoms with Crippen LogP contribution in [0.2, 0.25) is 5.02 Å². The highest BCUT2D eigenvalue weighted by Crippen LogP contribution is 2.38. The van der Waals surface area contributed by atoms with Gasteiger partial charge in [-0.2, -0.15) is 0 Å². The Morgan fingerprint density at radius 3 is 2.89 bits per heavy atom. The highest BCUT2D eigenvalue weighted by Gasteiger charge is 2.34. The molecule has 0 unspecified atom stereocenters. The van der Waals surface area contributed by atoms with Gasteiger partial charge in [0.1, 0.15) is 5.75 Å². The quantitative estimate of drug-likeness (QED) is 0.527. The van der Waals surface area contributed by atoms with Crippen molar-refractivity contribution in [3.63, 3.8) is 0 Å². The minimum absolute atomic E-state index is 0.0945. The van der Waals surface area contributed by atoms with Crippen LogP contribution in [0.25, 0.3) is 6.08 Å². The van der Waals surface area contributed by atoms with Crippen LogP contribution in [-0.4, -0.2) is 29.0 Å². The van der Waals surface area contributed by atoms with Gasteiger partial charge < -0.3 is 19.3 Å². The number of carbonyl (C=O) groups is 1. The first-order valence-corrected chi connectivity index (χ1v) is 12.1. The molecule has 2 aliphatic heterocycles. The first-order chi connectivity index (χ1) is 16.9. The van der Waals surface area contributed by atoms with Gasteiger partial charge in [-0.3, -0.25) is 9.36 Å². The van der Waals surface area contributed by atoms with Gasteiger partial charge in [-0.05, 0) is 61.7 Å². The number of halogens is 1. The van der Waals surface area contributed by atoms with Crippen LogP contribution < -0.4 is 24.4 Å². The number of thiazole rings is 1. The molecule has 35 heavy (non-hydrogen) atoms. The van der Waals surface area contributed by atoms with E-state index in [-0.39, 0.29) is 30.3 Å². The van der Waals surface area contributed by atoms with Crippen molar-refractivity contribution < 1.29 is 24.1 Å². The van der Waals surface area contributed by atoms with Crippen molar-refractivity contribution >= 4 is 35.0 Å². The number of nitrogens with zero attached hydrogens (tertiary/aromatic N) is 2. The van der Waals surface area contributed by atoms with E-state index in [1.165, 1.54) is 22.0 Å². The summed E-state index contributed by atoms with van der Waals surface area (Å²) in [4.78, 5) is 31.6. The number of benzene rings is 2. The minimum Gasteiger partial charge on any atom is -0.508 e. The zero-order valence-corrected chi connectivity index (χ0v) is 20.5. The van der Waals surface area contributed by atoms with Crippen molar-refractivity contribution in [1.29, 1.82) is 0 Å². The largest absolute Gasteiger partial charge is 0.508 e. The summed E-state index contributed by atoms with van der Waals surface area (Å²) in [5.74, 6) is 0.700. The van der Waals surface area contributed by atoms with E-state index in [9.17, 15) is 14.7 Å². The van der Waals surface area contributed by atoms with E-state index in [1.807, 2.05) is 0 Å². The number of phenolic OH excluding ortho intramolecular Hbond substituents is 1. The number of fused-ring (bicyclic) bond motifs is 2. The summed E-state index contributed by atoms with van der Waals surface area (Å²) in [7, 11) is 0. The molecule has 1 atom stereocenters. The Hall–Kier alpha value is -3.56. The second kappa shape index (κ2) is 9.24. The Morgan fingerprint density at radius 1 is 1.29 bits per heavy atom. The summed E-state index contributed by atoms with van der Waals surface area (Å²) in [5.41, 5.74) is 1.74.